The van der Waals surface area contributed by atoms with E-state index in [1.54, 1.807) is 5.92 Å². The van der Waals surface area contributed by atoms with Gasteiger partial charge in [-0.1, -0.05) is 20.8 Å². The molecule has 2 atom stereocenters. The van der Waals surface area contributed by atoms with E-state index in [-0.39, 0.29) is 0 Å². The summed E-state index contributed by atoms with van der Waals surface area (Å²) in [5.41, 5.74) is 0. The second kappa shape index (κ2) is 2.08. The van der Waals surface area contributed by atoms with Gasteiger partial charge in [0.2, 0.25) is 0 Å². The monoisotopic (exact) mass is 111 g/mol. The lowest BCUT2D eigenvalue weighted by molar-refractivity contribution is 0.249. The second-order valence-electron chi connectivity index (χ2n) is 2.98. The smallest absolute Gasteiger partial charge is 0.0210 e. The number of hydrogen-bond donors (Lipinski definition) is 0. The summed E-state index contributed by atoms with van der Waals surface area (Å²) in [6.07, 6.45) is 2.71. The van der Waals surface area contributed by atoms with Crippen LogP contribution in [0.3, 0.4) is 0 Å². The fourth-order valence-corrected chi connectivity index (χ4v) is 1.48. The second-order valence-corrected chi connectivity index (χ2v) is 2.98. The van der Waals surface area contributed by atoms with Gasteiger partial charge >= 0.3 is 0 Å². The first kappa shape index (κ1) is 6.12. The lowest BCUT2D eigenvalue weighted by Crippen LogP contribution is -2.29. The fraction of sp³-hybridized carbons (Fsp3) is 0.875. The van der Waals surface area contributed by atoms with Crippen LogP contribution >= 0.6 is 0 Å². The van der Waals surface area contributed by atoms with Gasteiger partial charge in [-0.05, 0) is 30.6 Å². The van der Waals surface area contributed by atoms with Gasteiger partial charge in [0.05, 0.1) is 0 Å². The lowest BCUT2D eigenvalue weighted by atomic mass is 9.66. The Kier molecular flexibility index (Phi) is 1.59. The van der Waals surface area contributed by atoms with Crippen LogP contribution in [0.25, 0.3) is 0 Å². The topological polar surface area (TPSA) is 0 Å². The molecule has 1 rings (SSSR count). The van der Waals surface area contributed by atoms with Crippen molar-refractivity contribution in [2.24, 2.45) is 11.8 Å². The quantitative estimate of drug-likeness (QED) is 0.488. The third-order valence-corrected chi connectivity index (χ3v) is 2.54. The average Bonchev–Trinajstić information content (AvgIpc) is 1.81. The highest BCUT2D eigenvalue weighted by atomic mass is 14.4. The summed E-state index contributed by atoms with van der Waals surface area (Å²) in [6, 6.07) is 0. The fourth-order valence-electron chi connectivity index (χ4n) is 1.48. The molecule has 0 spiro atoms. The predicted octanol–water partition coefficient (Wildman–Crippen LogP) is 2.65. The highest BCUT2D eigenvalue weighted by Crippen LogP contribution is 2.43. The molecule has 1 fully saturated rings. The molecule has 0 aromatic heterocycles. The van der Waals surface area contributed by atoms with Crippen molar-refractivity contribution in [2.75, 3.05) is 0 Å². The zero-order valence-electron chi connectivity index (χ0n) is 6.07. The van der Waals surface area contributed by atoms with Gasteiger partial charge in [-0.15, -0.1) is 0 Å². The lowest BCUT2D eigenvalue weighted by Gasteiger charge is -2.39. The van der Waals surface area contributed by atoms with Crippen LogP contribution in [0.15, 0.2) is 0 Å². The molecule has 1 saturated carbocycles. The first-order valence-corrected chi connectivity index (χ1v) is 3.60. The number of rotatable bonds is 1. The summed E-state index contributed by atoms with van der Waals surface area (Å²) in [4.78, 5) is 0. The van der Waals surface area contributed by atoms with Crippen LogP contribution in [0.5, 0.6) is 0 Å². The standard InChI is InChI=1S/C8H15/c1-4-8-5-6(2)7(8)3/h6-7H,4-5H2,1-3H3. The first-order valence-electron chi connectivity index (χ1n) is 3.60. The number of hydrogen-bond acceptors (Lipinski definition) is 0. The van der Waals surface area contributed by atoms with Gasteiger partial charge in [-0.3, -0.25) is 0 Å². The van der Waals surface area contributed by atoms with E-state index in [9.17, 15) is 0 Å². The van der Waals surface area contributed by atoms with Crippen molar-refractivity contribution in [2.45, 2.75) is 33.6 Å². The Labute approximate surface area is 52.3 Å². The zero-order chi connectivity index (χ0) is 6.15. The minimum absolute atomic E-state index is 0.931. The SMILES string of the molecule is CC[C]1CC(C)C1C. The van der Waals surface area contributed by atoms with Gasteiger partial charge in [0.15, 0.2) is 0 Å². The maximum atomic E-state index is 2.34. The van der Waals surface area contributed by atoms with Crippen LogP contribution in [0, 0.1) is 17.8 Å². The molecule has 0 nitrogen and oxygen atoms in total. The summed E-state index contributed by atoms with van der Waals surface area (Å²) >= 11 is 0. The molecule has 1 radical (unpaired) electrons. The molecule has 8 heavy (non-hydrogen) atoms. The molecule has 47 valence electrons. The van der Waals surface area contributed by atoms with E-state index in [0.717, 1.165) is 11.8 Å². The van der Waals surface area contributed by atoms with Gasteiger partial charge < -0.3 is 0 Å². The highest BCUT2D eigenvalue weighted by molar-refractivity contribution is 5.06. The summed E-state index contributed by atoms with van der Waals surface area (Å²) in [6.45, 7) is 6.94. The van der Waals surface area contributed by atoms with Crippen molar-refractivity contribution in [1.82, 2.24) is 0 Å². The molecular weight excluding hydrogens is 96.1 g/mol. The molecule has 0 aromatic carbocycles. The first-order chi connectivity index (χ1) is 3.75. The normalized spacial score (nSPS) is 39.4. The molecule has 0 heteroatoms. The molecule has 0 bridgehead atoms. The van der Waals surface area contributed by atoms with Crippen LogP contribution in [0.1, 0.15) is 33.6 Å². The average molecular weight is 111 g/mol. The van der Waals surface area contributed by atoms with Crippen LogP contribution in [-0.4, -0.2) is 0 Å². The van der Waals surface area contributed by atoms with E-state index in [4.69, 9.17) is 0 Å². The van der Waals surface area contributed by atoms with Crippen molar-refractivity contribution < 1.29 is 0 Å². The van der Waals surface area contributed by atoms with E-state index >= 15 is 0 Å². The summed E-state index contributed by atoms with van der Waals surface area (Å²) in [5, 5.41) is 0. The minimum Gasteiger partial charge on any atom is -0.0648 e. The maximum absolute atomic E-state index is 2.34. The molecule has 1 aliphatic carbocycles. The molecule has 1 aliphatic rings. The largest absolute Gasteiger partial charge is 0.0648 e. The van der Waals surface area contributed by atoms with Crippen molar-refractivity contribution in [3.63, 3.8) is 0 Å². The van der Waals surface area contributed by atoms with Gasteiger partial charge in [-0.25, -0.2) is 0 Å². The minimum atomic E-state index is 0.931. The molecule has 0 heterocycles. The molecule has 0 saturated heterocycles. The summed E-state index contributed by atoms with van der Waals surface area (Å²) in [5.74, 6) is 3.68. The van der Waals surface area contributed by atoms with Crippen LogP contribution < -0.4 is 0 Å². The van der Waals surface area contributed by atoms with E-state index in [0.29, 0.717) is 0 Å². The van der Waals surface area contributed by atoms with Crippen LogP contribution in [0.4, 0.5) is 0 Å². The molecule has 0 aliphatic heterocycles. The zero-order valence-corrected chi connectivity index (χ0v) is 6.07. The molecule has 2 unspecified atom stereocenters. The van der Waals surface area contributed by atoms with Crippen molar-refractivity contribution in [3.8, 4) is 0 Å². The Hall–Kier alpha value is 0. The van der Waals surface area contributed by atoms with E-state index in [1.165, 1.54) is 12.8 Å². The van der Waals surface area contributed by atoms with Crippen molar-refractivity contribution >= 4 is 0 Å². The van der Waals surface area contributed by atoms with Crippen LogP contribution in [0.2, 0.25) is 0 Å². The highest BCUT2D eigenvalue weighted by Gasteiger charge is 2.32. The Balaban J connectivity index is 2.25. The van der Waals surface area contributed by atoms with Crippen molar-refractivity contribution in [3.05, 3.63) is 5.92 Å². The van der Waals surface area contributed by atoms with E-state index < -0.39 is 0 Å². The molecular formula is C8H15. The van der Waals surface area contributed by atoms with Gasteiger partial charge in [-0.2, -0.15) is 0 Å². The predicted molar refractivity (Wildman–Crippen MR) is 36.5 cm³/mol. The van der Waals surface area contributed by atoms with Gasteiger partial charge in [0.1, 0.15) is 0 Å². The Morgan fingerprint density at radius 2 is 2.12 bits per heavy atom. The Morgan fingerprint density at radius 3 is 2.25 bits per heavy atom. The van der Waals surface area contributed by atoms with Crippen LogP contribution in [-0.2, 0) is 0 Å². The Morgan fingerprint density at radius 1 is 1.50 bits per heavy atom. The summed E-state index contributed by atoms with van der Waals surface area (Å²) < 4.78 is 0. The van der Waals surface area contributed by atoms with E-state index in [1.807, 2.05) is 0 Å². The van der Waals surface area contributed by atoms with Gasteiger partial charge in [0, 0.05) is 0 Å². The van der Waals surface area contributed by atoms with Crippen molar-refractivity contribution in [1.29, 1.82) is 0 Å². The molecule has 0 N–H and O–H groups in total. The maximum Gasteiger partial charge on any atom is -0.0210 e. The third kappa shape index (κ3) is 0.765. The molecule has 0 aromatic rings. The third-order valence-electron chi connectivity index (χ3n) is 2.54. The molecule has 0 amide bonds. The van der Waals surface area contributed by atoms with E-state index in [2.05, 4.69) is 20.8 Å². The Bertz CT molecular complexity index is 76.1. The summed E-state index contributed by atoms with van der Waals surface area (Å²) in [7, 11) is 0. The van der Waals surface area contributed by atoms with Gasteiger partial charge in [0.25, 0.3) is 0 Å².